The molecule has 1 heterocycles. The highest BCUT2D eigenvalue weighted by Gasteiger charge is 2.20. The van der Waals surface area contributed by atoms with Gasteiger partial charge in [-0.2, -0.15) is 0 Å². The molecule has 2 aromatic carbocycles. The van der Waals surface area contributed by atoms with Gasteiger partial charge >= 0.3 is 0 Å². The molecule has 1 N–H and O–H groups in total. The fourth-order valence-corrected chi connectivity index (χ4v) is 3.21. The van der Waals surface area contributed by atoms with Crippen LogP contribution in [0.3, 0.4) is 0 Å². The highest BCUT2D eigenvalue weighted by atomic mass is 35.5. The molecule has 27 heavy (non-hydrogen) atoms. The molecule has 1 saturated heterocycles. The molecule has 1 aliphatic rings. The third-order valence-electron chi connectivity index (χ3n) is 4.53. The summed E-state index contributed by atoms with van der Waals surface area (Å²) < 4.78 is 0. The van der Waals surface area contributed by atoms with Crippen LogP contribution in [0.25, 0.3) is 0 Å². The molecular weight excluding hydrogens is 368 g/mol. The van der Waals surface area contributed by atoms with Crippen molar-refractivity contribution in [1.29, 1.82) is 0 Å². The molecule has 7 nitrogen and oxygen atoms in total. The Hall–Kier alpha value is -2.48. The molecule has 0 aromatic heterocycles. The number of hydrogen-bond acceptors (Lipinski definition) is 5. The minimum Gasteiger partial charge on any atom is -0.319 e. The standard InChI is InChI=1S/C19H21ClN4O3/c20-16-7-5-15(6-8-16)13-22-9-11-23(12-10-22)14-19(25)21-17-3-1-2-4-18(17)24(26)27/h1-8H,9-14H2,(H,21,25). The van der Waals surface area contributed by atoms with Gasteiger partial charge in [0.25, 0.3) is 5.69 Å². The lowest BCUT2D eigenvalue weighted by Gasteiger charge is -2.34. The summed E-state index contributed by atoms with van der Waals surface area (Å²) >= 11 is 5.91. The summed E-state index contributed by atoms with van der Waals surface area (Å²) in [5.74, 6) is -0.240. The minimum atomic E-state index is -0.495. The number of nitro groups is 1. The summed E-state index contributed by atoms with van der Waals surface area (Å²) in [5.41, 5.74) is 1.34. The second-order valence-corrected chi connectivity index (χ2v) is 6.94. The summed E-state index contributed by atoms with van der Waals surface area (Å²) in [6.07, 6.45) is 0. The summed E-state index contributed by atoms with van der Waals surface area (Å²) in [4.78, 5) is 27.2. The Morgan fingerprint density at radius 3 is 2.33 bits per heavy atom. The minimum absolute atomic E-state index is 0.0985. The van der Waals surface area contributed by atoms with Gasteiger partial charge in [-0.15, -0.1) is 0 Å². The van der Waals surface area contributed by atoms with E-state index in [0.717, 1.165) is 37.7 Å². The summed E-state index contributed by atoms with van der Waals surface area (Å²) in [7, 11) is 0. The van der Waals surface area contributed by atoms with Crippen LogP contribution in [0.15, 0.2) is 48.5 Å². The topological polar surface area (TPSA) is 78.7 Å². The molecule has 0 bridgehead atoms. The largest absolute Gasteiger partial charge is 0.319 e. The number of carbonyl (C=O) groups excluding carboxylic acids is 1. The summed E-state index contributed by atoms with van der Waals surface area (Å²) in [6, 6.07) is 14.0. The Labute approximate surface area is 162 Å². The number of nitro benzene ring substituents is 1. The molecule has 0 saturated carbocycles. The van der Waals surface area contributed by atoms with Gasteiger partial charge in [0, 0.05) is 43.8 Å². The Balaban J connectivity index is 1.47. The van der Waals surface area contributed by atoms with E-state index in [0.29, 0.717) is 0 Å². The smallest absolute Gasteiger partial charge is 0.292 e. The van der Waals surface area contributed by atoms with E-state index < -0.39 is 4.92 Å². The van der Waals surface area contributed by atoms with Gasteiger partial charge in [-0.3, -0.25) is 24.7 Å². The molecule has 1 fully saturated rings. The normalized spacial score (nSPS) is 15.4. The number of nitrogens with one attached hydrogen (secondary N) is 1. The number of nitrogens with zero attached hydrogens (tertiary/aromatic N) is 3. The molecule has 0 radical (unpaired) electrons. The Morgan fingerprint density at radius 1 is 1.04 bits per heavy atom. The monoisotopic (exact) mass is 388 g/mol. The number of piperazine rings is 1. The van der Waals surface area contributed by atoms with Crippen LogP contribution in [0.5, 0.6) is 0 Å². The molecule has 3 rings (SSSR count). The van der Waals surface area contributed by atoms with E-state index in [1.807, 2.05) is 24.3 Å². The Morgan fingerprint density at radius 2 is 1.67 bits per heavy atom. The van der Waals surface area contributed by atoms with Gasteiger partial charge in [0.2, 0.25) is 5.91 Å². The first kappa shape index (κ1) is 19.3. The highest BCUT2D eigenvalue weighted by Crippen LogP contribution is 2.23. The maximum Gasteiger partial charge on any atom is 0.292 e. The second-order valence-electron chi connectivity index (χ2n) is 6.50. The first-order valence-electron chi connectivity index (χ1n) is 8.74. The quantitative estimate of drug-likeness (QED) is 0.608. The molecule has 1 aliphatic heterocycles. The van der Waals surface area contributed by atoms with Gasteiger partial charge in [0.15, 0.2) is 0 Å². The van der Waals surface area contributed by atoms with Crippen molar-refractivity contribution in [2.24, 2.45) is 0 Å². The first-order valence-corrected chi connectivity index (χ1v) is 9.11. The number of halogens is 1. The zero-order valence-electron chi connectivity index (χ0n) is 14.8. The fourth-order valence-electron chi connectivity index (χ4n) is 3.08. The second kappa shape index (κ2) is 8.94. The molecule has 1 amide bonds. The van der Waals surface area contributed by atoms with Crippen molar-refractivity contribution in [3.05, 3.63) is 69.2 Å². The van der Waals surface area contributed by atoms with Crippen LogP contribution in [-0.2, 0) is 11.3 Å². The van der Waals surface area contributed by atoms with Gasteiger partial charge in [-0.05, 0) is 23.8 Å². The molecule has 0 atom stereocenters. The van der Waals surface area contributed by atoms with Crippen molar-refractivity contribution in [2.75, 3.05) is 38.0 Å². The molecule has 0 unspecified atom stereocenters. The molecule has 0 spiro atoms. The van der Waals surface area contributed by atoms with Gasteiger partial charge < -0.3 is 5.32 Å². The van der Waals surface area contributed by atoms with Gasteiger partial charge in [0.05, 0.1) is 11.5 Å². The van der Waals surface area contributed by atoms with Crippen molar-refractivity contribution in [3.8, 4) is 0 Å². The van der Waals surface area contributed by atoms with Crippen LogP contribution >= 0.6 is 11.6 Å². The first-order chi connectivity index (χ1) is 13.0. The van der Waals surface area contributed by atoms with Gasteiger partial charge in [0.1, 0.15) is 5.69 Å². The van der Waals surface area contributed by atoms with Crippen LogP contribution in [-0.4, -0.2) is 53.4 Å². The van der Waals surface area contributed by atoms with Crippen LogP contribution in [0.4, 0.5) is 11.4 Å². The lowest BCUT2D eigenvalue weighted by molar-refractivity contribution is -0.383. The zero-order valence-corrected chi connectivity index (χ0v) is 15.6. The predicted octanol–water partition coefficient (Wildman–Crippen LogP) is 3.00. The van der Waals surface area contributed by atoms with Crippen LogP contribution in [0, 0.1) is 10.1 Å². The molecule has 8 heteroatoms. The molecule has 142 valence electrons. The SMILES string of the molecule is O=C(CN1CCN(Cc2ccc(Cl)cc2)CC1)Nc1ccccc1[N+](=O)[O-]. The number of benzene rings is 2. The van der Waals surface area contributed by atoms with Gasteiger partial charge in [-0.25, -0.2) is 0 Å². The third kappa shape index (κ3) is 5.50. The van der Waals surface area contributed by atoms with Gasteiger partial charge in [-0.1, -0.05) is 35.9 Å². The van der Waals surface area contributed by atoms with Crippen LogP contribution < -0.4 is 5.32 Å². The zero-order chi connectivity index (χ0) is 19.2. The Bertz CT molecular complexity index is 805. The van der Waals surface area contributed by atoms with Crippen molar-refractivity contribution in [1.82, 2.24) is 9.80 Å². The van der Waals surface area contributed by atoms with E-state index in [1.165, 1.54) is 11.6 Å². The maximum atomic E-state index is 12.3. The highest BCUT2D eigenvalue weighted by molar-refractivity contribution is 6.30. The van der Waals surface area contributed by atoms with Crippen molar-refractivity contribution >= 4 is 28.9 Å². The predicted molar refractivity (Wildman–Crippen MR) is 105 cm³/mol. The van der Waals surface area contributed by atoms with Crippen LogP contribution in [0.2, 0.25) is 5.02 Å². The average Bonchev–Trinajstić information content (AvgIpc) is 2.65. The number of hydrogen-bond donors (Lipinski definition) is 1. The van der Waals surface area contributed by atoms with E-state index >= 15 is 0 Å². The van der Waals surface area contributed by atoms with Crippen molar-refractivity contribution < 1.29 is 9.72 Å². The number of anilines is 1. The van der Waals surface area contributed by atoms with Crippen molar-refractivity contribution in [2.45, 2.75) is 6.54 Å². The van der Waals surface area contributed by atoms with Crippen molar-refractivity contribution in [3.63, 3.8) is 0 Å². The lowest BCUT2D eigenvalue weighted by Crippen LogP contribution is -2.48. The maximum absolute atomic E-state index is 12.3. The molecule has 0 aliphatic carbocycles. The number of amides is 1. The number of carbonyl (C=O) groups is 1. The molecule has 2 aromatic rings. The Kier molecular flexibility index (Phi) is 6.39. The van der Waals surface area contributed by atoms with E-state index in [4.69, 9.17) is 11.6 Å². The lowest BCUT2D eigenvalue weighted by atomic mass is 10.2. The summed E-state index contributed by atoms with van der Waals surface area (Å²) in [5, 5.41) is 14.4. The fraction of sp³-hybridized carbons (Fsp3) is 0.316. The van der Waals surface area contributed by atoms with E-state index in [2.05, 4.69) is 15.1 Å². The van der Waals surface area contributed by atoms with E-state index in [1.54, 1.807) is 18.2 Å². The number of rotatable bonds is 6. The van der Waals surface area contributed by atoms with Crippen LogP contribution in [0.1, 0.15) is 5.56 Å². The average molecular weight is 389 g/mol. The number of para-hydroxylation sites is 2. The molecular formula is C19H21ClN4O3. The van der Waals surface area contributed by atoms with E-state index in [-0.39, 0.29) is 23.8 Å². The third-order valence-corrected chi connectivity index (χ3v) is 4.78. The summed E-state index contributed by atoms with van der Waals surface area (Å²) in [6.45, 7) is 4.35. The van der Waals surface area contributed by atoms with E-state index in [9.17, 15) is 14.9 Å².